The van der Waals surface area contributed by atoms with E-state index in [0.717, 1.165) is 19.3 Å². The molecule has 9 heteroatoms. The Labute approximate surface area is 157 Å². The van der Waals surface area contributed by atoms with E-state index in [2.05, 4.69) is 4.98 Å². The zero-order valence-corrected chi connectivity index (χ0v) is 15.9. The molecule has 3 rings (SSSR count). The first kappa shape index (κ1) is 19.6. The molecule has 2 aliphatic rings. The molecule has 1 aromatic heterocycles. The van der Waals surface area contributed by atoms with Gasteiger partial charge in [0.2, 0.25) is 0 Å². The van der Waals surface area contributed by atoms with Crippen LogP contribution >= 0.6 is 0 Å². The number of nitrogens with zero attached hydrogens (tertiary/aromatic N) is 2. The molecule has 0 aliphatic carbocycles. The minimum absolute atomic E-state index is 0.0222. The fraction of sp³-hybridized carbons (Fsp3) is 0.722. The molecule has 27 heavy (non-hydrogen) atoms. The Hall–Kier alpha value is -2.13. The number of aromatic amines is 1. The van der Waals surface area contributed by atoms with Crippen molar-refractivity contribution in [1.82, 2.24) is 9.55 Å². The summed E-state index contributed by atoms with van der Waals surface area (Å²) >= 11 is 0. The third-order valence-corrected chi connectivity index (χ3v) is 5.46. The number of anilines is 2. The predicted molar refractivity (Wildman–Crippen MR) is 101 cm³/mol. The first-order valence-electron chi connectivity index (χ1n) is 9.62. The zero-order chi connectivity index (χ0) is 19.6. The lowest BCUT2D eigenvalue weighted by Crippen LogP contribution is -2.47. The minimum Gasteiger partial charge on any atom is -0.383 e. The number of unbranched alkanes of at least 4 members (excludes halogenated alkanes) is 1. The second kappa shape index (κ2) is 8.26. The minimum atomic E-state index is -0.651. The summed E-state index contributed by atoms with van der Waals surface area (Å²) in [5.41, 5.74) is 4.98. The van der Waals surface area contributed by atoms with E-state index in [1.165, 1.54) is 9.47 Å². The van der Waals surface area contributed by atoms with Gasteiger partial charge >= 0.3 is 5.69 Å². The molecule has 0 bridgehead atoms. The number of H-pyrrole nitrogens is 1. The lowest BCUT2D eigenvalue weighted by molar-refractivity contribution is -0.129. The highest BCUT2D eigenvalue weighted by Gasteiger charge is 2.45. The van der Waals surface area contributed by atoms with E-state index >= 15 is 0 Å². The molecular weight excluding hydrogens is 352 g/mol. The average molecular weight is 380 g/mol. The van der Waals surface area contributed by atoms with Crippen molar-refractivity contribution in [2.75, 3.05) is 37.0 Å². The van der Waals surface area contributed by atoms with Gasteiger partial charge in [-0.1, -0.05) is 13.3 Å². The van der Waals surface area contributed by atoms with Crippen LogP contribution in [0.4, 0.5) is 11.5 Å². The number of likely N-dealkylation sites (N-methyl/N-ethyl adjacent to an activating group) is 1. The number of carbonyl (C=O) groups excluding carboxylic acids is 1. The number of rotatable bonds is 6. The van der Waals surface area contributed by atoms with Crippen LogP contribution in [-0.4, -0.2) is 47.9 Å². The molecule has 1 amide bonds. The number of nitrogens with two attached hydrogens (primary N) is 1. The van der Waals surface area contributed by atoms with Crippen LogP contribution < -0.4 is 21.9 Å². The highest BCUT2D eigenvalue weighted by molar-refractivity contribution is 5.98. The molecule has 2 aliphatic heterocycles. The molecule has 9 nitrogen and oxygen atoms in total. The predicted octanol–water partition coefficient (Wildman–Crippen LogP) is 0.323. The van der Waals surface area contributed by atoms with Gasteiger partial charge in [-0.05, 0) is 19.8 Å². The van der Waals surface area contributed by atoms with E-state index in [0.29, 0.717) is 26.4 Å². The van der Waals surface area contributed by atoms with Gasteiger partial charge in [0, 0.05) is 31.5 Å². The van der Waals surface area contributed by atoms with Gasteiger partial charge in [-0.3, -0.25) is 19.1 Å². The van der Waals surface area contributed by atoms with E-state index < -0.39 is 17.4 Å². The Morgan fingerprint density at radius 1 is 1.33 bits per heavy atom. The Bertz CT molecular complexity index is 802. The number of hydrogen-bond acceptors (Lipinski definition) is 6. The number of carbonyl (C=O) groups is 1. The van der Waals surface area contributed by atoms with Crippen LogP contribution in [0.2, 0.25) is 0 Å². The third-order valence-electron chi connectivity index (χ3n) is 5.46. The van der Waals surface area contributed by atoms with Gasteiger partial charge in [0.1, 0.15) is 11.9 Å². The van der Waals surface area contributed by atoms with Gasteiger partial charge in [-0.2, -0.15) is 0 Å². The molecule has 0 saturated carbocycles. The average Bonchev–Trinajstić information content (AvgIpc) is 3.08. The SMILES string of the molecule is CCCCn1c(N)c(N(CC)C(=O)C2OCC3COCCC32)c(=O)[nH]c1=O. The van der Waals surface area contributed by atoms with Gasteiger partial charge in [-0.25, -0.2) is 4.79 Å². The Morgan fingerprint density at radius 3 is 2.81 bits per heavy atom. The maximum Gasteiger partial charge on any atom is 0.330 e. The van der Waals surface area contributed by atoms with Crippen molar-refractivity contribution >= 4 is 17.4 Å². The monoisotopic (exact) mass is 380 g/mol. The van der Waals surface area contributed by atoms with Crippen LogP contribution in [-0.2, 0) is 20.8 Å². The van der Waals surface area contributed by atoms with Crippen LogP contribution in [0.5, 0.6) is 0 Å². The summed E-state index contributed by atoms with van der Waals surface area (Å²) in [6.07, 6.45) is 1.75. The number of fused-ring (bicyclic) bond motifs is 1. The summed E-state index contributed by atoms with van der Waals surface area (Å²) in [6.45, 7) is 6.08. The second-order valence-corrected chi connectivity index (χ2v) is 7.12. The fourth-order valence-electron chi connectivity index (χ4n) is 3.94. The number of ether oxygens (including phenoxy) is 2. The summed E-state index contributed by atoms with van der Waals surface area (Å²) in [7, 11) is 0. The van der Waals surface area contributed by atoms with Gasteiger partial charge in [0.25, 0.3) is 11.5 Å². The Balaban J connectivity index is 1.94. The first-order chi connectivity index (χ1) is 13.0. The van der Waals surface area contributed by atoms with Crippen molar-refractivity contribution in [2.45, 2.75) is 45.8 Å². The van der Waals surface area contributed by atoms with Gasteiger partial charge in [0.15, 0.2) is 5.69 Å². The summed E-state index contributed by atoms with van der Waals surface area (Å²) in [5.74, 6) is 0.00543. The van der Waals surface area contributed by atoms with E-state index in [1.54, 1.807) is 6.92 Å². The van der Waals surface area contributed by atoms with Crippen molar-refractivity contribution in [3.8, 4) is 0 Å². The molecule has 3 atom stereocenters. The molecule has 3 unspecified atom stereocenters. The smallest absolute Gasteiger partial charge is 0.330 e. The Morgan fingerprint density at radius 2 is 2.11 bits per heavy atom. The van der Waals surface area contributed by atoms with E-state index in [4.69, 9.17) is 15.2 Å². The largest absolute Gasteiger partial charge is 0.383 e. The maximum atomic E-state index is 13.2. The molecule has 1 aromatic rings. The molecule has 0 radical (unpaired) electrons. The van der Waals surface area contributed by atoms with Gasteiger partial charge < -0.3 is 20.1 Å². The number of nitrogens with one attached hydrogen (secondary N) is 1. The molecule has 2 saturated heterocycles. The lowest BCUT2D eigenvalue weighted by atomic mass is 9.86. The molecular formula is C18H28N4O5. The molecule has 150 valence electrons. The standard InChI is InChI=1S/C18H28N4O5/c1-3-5-7-22-15(19)13(16(23)20-18(22)25)21(4-2)17(24)14-12-6-8-26-9-11(12)10-27-14/h11-12,14H,3-10,19H2,1-2H3,(H,20,23,25). The van der Waals surface area contributed by atoms with Gasteiger partial charge in [-0.15, -0.1) is 0 Å². The Kier molecular flexibility index (Phi) is 6.01. The van der Waals surface area contributed by atoms with Crippen molar-refractivity contribution in [2.24, 2.45) is 11.8 Å². The summed E-state index contributed by atoms with van der Waals surface area (Å²) in [4.78, 5) is 41.5. The van der Waals surface area contributed by atoms with Crippen LogP contribution in [0.1, 0.15) is 33.1 Å². The van der Waals surface area contributed by atoms with Crippen molar-refractivity contribution in [3.05, 3.63) is 20.8 Å². The molecule has 0 aromatic carbocycles. The van der Waals surface area contributed by atoms with Crippen LogP contribution in [0.3, 0.4) is 0 Å². The maximum absolute atomic E-state index is 13.2. The molecule has 3 heterocycles. The number of hydrogen-bond donors (Lipinski definition) is 2. The van der Waals surface area contributed by atoms with Crippen LogP contribution in [0.25, 0.3) is 0 Å². The topological polar surface area (TPSA) is 120 Å². The summed E-state index contributed by atoms with van der Waals surface area (Å²) in [6, 6.07) is 0. The van der Waals surface area contributed by atoms with Crippen molar-refractivity contribution < 1.29 is 14.3 Å². The van der Waals surface area contributed by atoms with Crippen molar-refractivity contribution in [1.29, 1.82) is 0 Å². The number of nitrogen functional groups attached to an aromatic ring is 1. The number of amides is 1. The van der Waals surface area contributed by atoms with E-state index in [1.807, 2.05) is 6.92 Å². The fourth-order valence-corrected chi connectivity index (χ4v) is 3.94. The highest BCUT2D eigenvalue weighted by Crippen LogP contribution is 2.35. The van der Waals surface area contributed by atoms with Crippen LogP contribution in [0, 0.1) is 11.8 Å². The van der Waals surface area contributed by atoms with E-state index in [-0.39, 0.29) is 35.8 Å². The molecule has 3 N–H and O–H groups in total. The third kappa shape index (κ3) is 3.66. The van der Waals surface area contributed by atoms with Crippen molar-refractivity contribution in [3.63, 3.8) is 0 Å². The lowest BCUT2D eigenvalue weighted by Gasteiger charge is -2.30. The first-order valence-corrected chi connectivity index (χ1v) is 9.62. The van der Waals surface area contributed by atoms with Gasteiger partial charge in [0.05, 0.1) is 13.2 Å². The van der Waals surface area contributed by atoms with E-state index in [9.17, 15) is 14.4 Å². The quantitative estimate of drug-likeness (QED) is 0.734. The molecule has 2 fully saturated rings. The summed E-state index contributed by atoms with van der Waals surface area (Å²) < 4.78 is 12.6. The molecule has 0 spiro atoms. The second-order valence-electron chi connectivity index (χ2n) is 7.12. The zero-order valence-electron chi connectivity index (χ0n) is 15.9. The van der Waals surface area contributed by atoms with Crippen LogP contribution in [0.15, 0.2) is 9.59 Å². The highest BCUT2D eigenvalue weighted by atomic mass is 16.5. The number of aromatic nitrogens is 2. The normalized spacial score (nSPS) is 24.6. The summed E-state index contributed by atoms with van der Waals surface area (Å²) in [5, 5.41) is 0.